The predicted molar refractivity (Wildman–Crippen MR) is 66.5 cm³/mol. The lowest BCUT2D eigenvalue weighted by Crippen LogP contribution is -2.31. The van der Waals surface area contributed by atoms with Crippen LogP contribution in [0.3, 0.4) is 0 Å². The van der Waals surface area contributed by atoms with Crippen molar-refractivity contribution in [2.75, 3.05) is 13.1 Å². The molecule has 0 aromatic carbocycles. The van der Waals surface area contributed by atoms with E-state index >= 15 is 0 Å². The van der Waals surface area contributed by atoms with Gasteiger partial charge in [0.25, 0.3) is 0 Å². The maximum absolute atomic E-state index is 6.01. The monoisotopic (exact) mass is 284 g/mol. The van der Waals surface area contributed by atoms with Crippen LogP contribution in [0.5, 0.6) is 0 Å². The van der Waals surface area contributed by atoms with Gasteiger partial charge in [-0.25, -0.2) is 4.98 Å². The molecule has 4 nitrogen and oxygen atoms in total. The van der Waals surface area contributed by atoms with Gasteiger partial charge in [0.1, 0.15) is 10.4 Å². The molecule has 0 aliphatic carbocycles. The number of hydrogen-bond donors (Lipinski definition) is 2. The summed E-state index contributed by atoms with van der Waals surface area (Å²) in [5.74, 6) is 1.83. The lowest BCUT2D eigenvalue weighted by atomic mass is 10.0. The maximum atomic E-state index is 6.01. The lowest BCUT2D eigenvalue weighted by Gasteiger charge is -2.23. The highest BCUT2D eigenvalue weighted by Crippen LogP contribution is 2.30. The second kappa shape index (κ2) is 4.13. The van der Waals surface area contributed by atoms with Gasteiger partial charge in [-0.1, -0.05) is 0 Å². The van der Waals surface area contributed by atoms with E-state index in [1.165, 1.54) is 17.9 Å². The minimum absolute atomic E-state index is 0.301. The highest BCUT2D eigenvalue weighted by molar-refractivity contribution is 9.10. The van der Waals surface area contributed by atoms with Crippen molar-refractivity contribution in [3.8, 4) is 0 Å². The van der Waals surface area contributed by atoms with Crippen molar-refractivity contribution < 1.29 is 0 Å². The molecule has 1 aromatic rings. The van der Waals surface area contributed by atoms with Crippen LogP contribution < -0.4 is 11.1 Å². The van der Waals surface area contributed by atoms with Crippen molar-refractivity contribution in [3.05, 3.63) is 16.1 Å². The molecule has 1 aromatic heterocycles. The largest absolute Gasteiger partial charge is 0.331 e. The molecular formula is C11H17BrN4. The molecule has 2 aliphatic rings. The minimum Gasteiger partial charge on any atom is -0.331 e. The third-order valence-electron chi connectivity index (χ3n) is 3.66. The average molecular weight is 285 g/mol. The standard InChI is InChI=1S/C11H17BrN4/c12-10-9-5-8(13)2-4-16(9)11(15-10)7-1-3-14-6-7/h7-8,14H,1-6,13H2. The molecule has 88 valence electrons. The van der Waals surface area contributed by atoms with Crippen LogP contribution in [0.25, 0.3) is 0 Å². The first kappa shape index (κ1) is 10.7. The van der Waals surface area contributed by atoms with Gasteiger partial charge in [0.2, 0.25) is 0 Å². The maximum Gasteiger partial charge on any atom is 0.127 e. The molecule has 0 spiro atoms. The molecule has 3 N–H and O–H groups in total. The Bertz CT molecular complexity index is 395. The number of imidazole rings is 1. The third-order valence-corrected chi connectivity index (χ3v) is 4.29. The van der Waals surface area contributed by atoms with Crippen LogP contribution in [0, 0.1) is 0 Å². The quantitative estimate of drug-likeness (QED) is 0.809. The highest BCUT2D eigenvalue weighted by atomic mass is 79.9. The number of nitrogens with two attached hydrogens (primary N) is 1. The Morgan fingerprint density at radius 1 is 1.44 bits per heavy atom. The van der Waals surface area contributed by atoms with Crippen LogP contribution in [0.15, 0.2) is 4.60 Å². The minimum atomic E-state index is 0.301. The Morgan fingerprint density at radius 3 is 3.06 bits per heavy atom. The second-order valence-corrected chi connectivity index (χ2v) is 5.55. The third kappa shape index (κ3) is 1.71. The molecule has 16 heavy (non-hydrogen) atoms. The van der Waals surface area contributed by atoms with Crippen LogP contribution in [-0.2, 0) is 13.0 Å². The van der Waals surface area contributed by atoms with Gasteiger partial charge in [-0.05, 0) is 35.3 Å². The molecule has 2 atom stereocenters. The van der Waals surface area contributed by atoms with Crippen molar-refractivity contribution in [2.45, 2.75) is 37.8 Å². The SMILES string of the molecule is NC1CCn2c(C3CCNC3)nc(Br)c2C1. The van der Waals surface area contributed by atoms with E-state index in [1.807, 2.05) is 0 Å². The van der Waals surface area contributed by atoms with Crippen molar-refractivity contribution in [1.82, 2.24) is 14.9 Å². The molecule has 0 radical (unpaired) electrons. The Balaban J connectivity index is 1.97. The Hall–Kier alpha value is -0.390. The van der Waals surface area contributed by atoms with E-state index in [9.17, 15) is 0 Å². The van der Waals surface area contributed by atoms with Gasteiger partial charge in [-0.2, -0.15) is 0 Å². The zero-order valence-electron chi connectivity index (χ0n) is 9.25. The summed E-state index contributed by atoms with van der Waals surface area (Å²) >= 11 is 3.57. The lowest BCUT2D eigenvalue weighted by molar-refractivity contribution is 0.450. The summed E-state index contributed by atoms with van der Waals surface area (Å²) in [5, 5.41) is 3.40. The molecule has 1 fully saturated rings. The zero-order valence-corrected chi connectivity index (χ0v) is 10.8. The fraction of sp³-hybridized carbons (Fsp3) is 0.727. The second-order valence-electron chi connectivity index (χ2n) is 4.80. The van der Waals surface area contributed by atoms with Gasteiger partial charge < -0.3 is 15.6 Å². The first-order chi connectivity index (χ1) is 7.75. The number of aromatic nitrogens is 2. The van der Waals surface area contributed by atoms with Gasteiger partial charge in [0.15, 0.2) is 0 Å². The summed E-state index contributed by atoms with van der Waals surface area (Å²) in [6, 6.07) is 0.301. The first-order valence-electron chi connectivity index (χ1n) is 5.97. The molecule has 0 amide bonds. The highest BCUT2D eigenvalue weighted by Gasteiger charge is 2.28. The summed E-state index contributed by atoms with van der Waals surface area (Å²) in [7, 11) is 0. The number of halogens is 1. The Kier molecular flexibility index (Phi) is 2.77. The van der Waals surface area contributed by atoms with E-state index < -0.39 is 0 Å². The number of nitrogens with one attached hydrogen (secondary N) is 1. The first-order valence-corrected chi connectivity index (χ1v) is 6.76. The van der Waals surface area contributed by atoms with Gasteiger partial charge in [-0.3, -0.25) is 0 Å². The normalized spacial score (nSPS) is 29.4. The summed E-state index contributed by atoms with van der Waals surface area (Å²) < 4.78 is 3.38. The number of fused-ring (bicyclic) bond motifs is 1. The molecule has 0 saturated carbocycles. The van der Waals surface area contributed by atoms with Crippen LogP contribution in [-0.4, -0.2) is 28.7 Å². The molecule has 0 bridgehead atoms. The zero-order chi connectivity index (χ0) is 11.1. The van der Waals surface area contributed by atoms with E-state index in [0.29, 0.717) is 12.0 Å². The van der Waals surface area contributed by atoms with Crippen LogP contribution in [0.1, 0.15) is 30.3 Å². The van der Waals surface area contributed by atoms with Crippen LogP contribution in [0.4, 0.5) is 0 Å². The summed E-state index contributed by atoms with van der Waals surface area (Å²) in [5.41, 5.74) is 7.30. The summed E-state index contributed by atoms with van der Waals surface area (Å²) in [4.78, 5) is 4.69. The average Bonchev–Trinajstić information content (AvgIpc) is 2.87. The predicted octanol–water partition coefficient (Wildman–Crippen LogP) is 0.996. The van der Waals surface area contributed by atoms with Crippen molar-refractivity contribution >= 4 is 15.9 Å². The van der Waals surface area contributed by atoms with E-state index in [4.69, 9.17) is 10.7 Å². The molecule has 2 aliphatic heterocycles. The topological polar surface area (TPSA) is 55.9 Å². The van der Waals surface area contributed by atoms with E-state index in [-0.39, 0.29) is 0 Å². The Morgan fingerprint density at radius 2 is 2.31 bits per heavy atom. The van der Waals surface area contributed by atoms with Gasteiger partial charge in [0, 0.05) is 31.5 Å². The Labute approximate surface area is 104 Å². The van der Waals surface area contributed by atoms with Crippen LogP contribution >= 0.6 is 15.9 Å². The number of hydrogen-bond acceptors (Lipinski definition) is 3. The fourth-order valence-electron chi connectivity index (χ4n) is 2.75. The summed E-state index contributed by atoms with van der Waals surface area (Å²) in [6.45, 7) is 3.21. The molecule has 3 rings (SSSR count). The number of nitrogens with zero attached hydrogens (tertiary/aromatic N) is 2. The van der Waals surface area contributed by atoms with Gasteiger partial charge in [-0.15, -0.1) is 0 Å². The van der Waals surface area contributed by atoms with E-state index in [1.54, 1.807) is 0 Å². The van der Waals surface area contributed by atoms with Crippen LogP contribution in [0.2, 0.25) is 0 Å². The van der Waals surface area contributed by atoms with Crippen molar-refractivity contribution in [2.24, 2.45) is 5.73 Å². The molecule has 5 heteroatoms. The van der Waals surface area contributed by atoms with Crippen molar-refractivity contribution in [1.29, 1.82) is 0 Å². The number of rotatable bonds is 1. The van der Waals surface area contributed by atoms with Gasteiger partial charge in [0.05, 0.1) is 5.69 Å². The van der Waals surface area contributed by atoms with E-state index in [0.717, 1.165) is 37.1 Å². The molecule has 3 heterocycles. The van der Waals surface area contributed by atoms with Gasteiger partial charge >= 0.3 is 0 Å². The molecule has 1 saturated heterocycles. The fourth-order valence-corrected chi connectivity index (χ4v) is 3.31. The molecule has 2 unspecified atom stereocenters. The molecular weight excluding hydrogens is 268 g/mol. The smallest absolute Gasteiger partial charge is 0.127 e. The van der Waals surface area contributed by atoms with E-state index in [2.05, 4.69) is 25.8 Å². The van der Waals surface area contributed by atoms with Crippen molar-refractivity contribution in [3.63, 3.8) is 0 Å². The summed E-state index contributed by atoms with van der Waals surface area (Å²) in [6.07, 6.45) is 3.23.